The van der Waals surface area contributed by atoms with Crippen LogP contribution in [0.3, 0.4) is 0 Å². The van der Waals surface area contributed by atoms with Crippen LogP contribution in [-0.2, 0) is 19.2 Å². The third-order valence-corrected chi connectivity index (χ3v) is 0.704. The molecule has 0 atom stereocenters. The molecule has 0 aliphatic carbocycles. The molecule has 0 aliphatic rings. The fourth-order valence-corrected chi connectivity index (χ4v) is 0. The van der Waals surface area contributed by atoms with Crippen molar-refractivity contribution in [2.45, 2.75) is 27.7 Å². The number of carbonyl (C=O) groups is 4. The van der Waals surface area contributed by atoms with Gasteiger partial charge >= 0.3 is 0 Å². The van der Waals surface area contributed by atoms with Crippen LogP contribution in [0.2, 0.25) is 0 Å². The van der Waals surface area contributed by atoms with Gasteiger partial charge in [0, 0.05) is 41.8 Å². The number of amides is 4. The van der Waals surface area contributed by atoms with Crippen molar-refractivity contribution in [2.24, 2.45) is 17.2 Å². The Kier molecular flexibility index (Phi) is 46.2. The maximum Gasteiger partial charge on any atom is 0.216 e. The summed E-state index contributed by atoms with van der Waals surface area (Å²) in [6, 6.07) is 0. The number of primary amides is 2. The van der Waals surface area contributed by atoms with Gasteiger partial charge in [0.25, 0.3) is 0 Å². The highest BCUT2D eigenvalue weighted by Crippen LogP contribution is 1.45. The molecule has 0 radical (unpaired) electrons. The Morgan fingerprint density at radius 3 is 0.700 bits per heavy atom. The van der Waals surface area contributed by atoms with E-state index in [1.54, 1.807) is 14.1 Å². The molecule has 9 heteroatoms. The van der Waals surface area contributed by atoms with Gasteiger partial charge in [0.2, 0.25) is 23.6 Å². The van der Waals surface area contributed by atoms with Crippen molar-refractivity contribution in [3.05, 3.63) is 0 Å². The monoisotopic (exact) mass is 295 g/mol. The lowest BCUT2D eigenvalue weighted by atomic mass is 10.7. The lowest BCUT2D eigenvalue weighted by Crippen LogP contribution is -2.11. The fourth-order valence-electron chi connectivity index (χ4n) is 0. The molecule has 0 fully saturated rings. The van der Waals surface area contributed by atoms with Crippen LogP contribution >= 0.6 is 0 Å². The van der Waals surface area contributed by atoms with E-state index in [0.717, 1.165) is 0 Å². The highest BCUT2D eigenvalue weighted by Gasteiger charge is 1.73. The molecule has 0 heterocycles. The molecule has 4 amide bonds. The summed E-state index contributed by atoms with van der Waals surface area (Å²) in [4.78, 5) is 37.8. The maximum absolute atomic E-state index is 9.70. The second kappa shape index (κ2) is 30.1. The Hall–Kier alpha value is -2.16. The molecular formula is C11H29N5O4. The summed E-state index contributed by atoms with van der Waals surface area (Å²) in [5, 5.41) is 4.78. The topological polar surface area (TPSA) is 170 Å². The van der Waals surface area contributed by atoms with Gasteiger partial charge in [-0.05, 0) is 7.05 Å². The minimum Gasteiger partial charge on any atom is -0.370 e. The number of rotatable bonds is 0. The van der Waals surface area contributed by atoms with Gasteiger partial charge in [-0.3, -0.25) is 19.2 Å². The van der Waals surface area contributed by atoms with Crippen molar-refractivity contribution >= 4 is 23.6 Å². The largest absolute Gasteiger partial charge is 0.370 e. The zero-order valence-electron chi connectivity index (χ0n) is 13.4. The second-order valence-corrected chi connectivity index (χ2v) is 2.83. The lowest BCUT2D eigenvalue weighted by Gasteiger charge is -1.80. The van der Waals surface area contributed by atoms with Gasteiger partial charge < -0.3 is 27.8 Å². The van der Waals surface area contributed by atoms with E-state index in [2.05, 4.69) is 27.8 Å². The molecule has 0 unspecified atom stereocenters. The molecular weight excluding hydrogens is 266 g/mol. The minimum atomic E-state index is -0.333. The third kappa shape index (κ3) is 1030. The van der Waals surface area contributed by atoms with E-state index in [-0.39, 0.29) is 23.6 Å². The molecule has 8 N–H and O–H groups in total. The number of nitrogens with two attached hydrogens (primary N) is 3. The molecule has 0 spiro atoms. The Balaban J connectivity index is -0.0000000482. The number of nitrogens with one attached hydrogen (secondary N) is 2. The van der Waals surface area contributed by atoms with Crippen LogP contribution in [0.25, 0.3) is 0 Å². The van der Waals surface area contributed by atoms with Crippen LogP contribution in [-0.4, -0.2) is 44.8 Å². The maximum atomic E-state index is 9.70. The Bertz CT molecular complexity index is 223. The number of hydrogen-bond donors (Lipinski definition) is 5. The molecule has 0 aromatic carbocycles. The molecule has 0 bridgehead atoms. The molecule has 0 aromatic rings. The summed E-state index contributed by atoms with van der Waals surface area (Å²) >= 11 is 0. The fraction of sp³-hybridized carbons (Fsp3) is 0.636. The van der Waals surface area contributed by atoms with Crippen molar-refractivity contribution in [3.63, 3.8) is 0 Å². The molecule has 0 saturated carbocycles. The number of carbonyl (C=O) groups excluding carboxylic acids is 4. The summed E-state index contributed by atoms with van der Waals surface area (Å²) in [5.74, 6) is -0.657. The van der Waals surface area contributed by atoms with Crippen LogP contribution in [0.15, 0.2) is 0 Å². The van der Waals surface area contributed by atoms with E-state index in [4.69, 9.17) is 0 Å². The van der Waals surface area contributed by atoms with Gasteiger partial charge in [0.1, 0.15) is 0 Å². The van der Waals surface area contributed by atoms with E-state index in [0.29, 0.717) is 0 Å². The minimum absolute atomic E-state index is 0.00463. The predicted octanol–water partition coefficient (Wildman–Crippen LogP) is -1.94. The molecule has 122 valence electrons. The van der Waals surface area contributed by atoms with Crippen LogP contribution in [0.4, 0.5) is 0 Å². The van der Waals surface area contributed by atoms with Gasteiger partial charge in [0.15, 0.2) is 0 Å². The molecule has 0 aliphatic heterocycles. The first kappa shape index (κ1) is 30.7. The molecule has 0 aromatic heterocycles. The van der Waals surface area contributed by atoms with Gasteiger partial charge in [0.05, 0.1) is 0 Å². The van der Waals surface area contributed by atoms with Gasteiger partial charge in [-0.2, -0.15) is 0 Å². The summed E-state index contributed by atoms with van der Waals surface area (Å²) in [6.07, 6.45) is 0. The zero-order chi connectivity index (χ0) is 17.7. The van der Waals surface area contributed by atoms with Gasteiger partial charge in [-0.15, -0.1) is 0 Å². The quantitative estimate of drug-likeness (QED) is 0.349. The normalized spacial score (nSPS) is 6.20. The van der Waals surface area contributed by atoms with Crippen LogP contribution < -0.4 is 27.8 Å². The first-order valence-electron chi connectivity index (χ1n) is 5.47. The van der Waals surface area contributed by atoms with Crippen molar-refractivity contribution < 1.29 is 19.2 Å². The summed E-state index contributed by atoms with van der Waals surface area (Å²) < 4.78 is 0. The molecule has 9 nitrogen and oxygen atoms in total. The SMILES string of the molecule is CC(N)=O.CC(N)=O.CN.CNC(C)=O.CNC(C)=O. The standard InChI is InChI=1S/2C3H7NO.2C2H5NO.CH5N/c2*1-3(5)4-2;2*1-2(3)4;1-2/h2*1-2H3,(H,4,5);2*1H3,(H2,3,4);2H2,1H3. The first-order chi connectivity index (χ1) is 9.00. The van der Waals surface area contributed by atoms with E-state index >= 15 is 0 Å². The van der Waals surface area contributed by atoms with Gasteiger partial charge in [-0.25, -0.2) is 0 Å². The number of hydrogen-bond acceptors (Lipinski definition) is 5. The van der Waals surface area contributed by atoms with E-state index in [1.165, 1.54) is 34.7 Å². The zero-order valence-corrected chi connectivity index (χ0v) is 13.4. The summed E-state index contributed by atoms with van der Waals surface area (Å²) in [5.41, 5.74) is 13.4. The van der Waals surface area contributed by atoms with Crippen molar-refractivity contribution in [2.75, 3.05) is 21.1 Å². The average Bonchev–Trinajstić information content (AvgIpc) is 2.30. The van der Waals surface area contributed by atoms with E-state index < -0.39 is 0 Å². The van der Waals surface area contributed by atoms with Crippen LogP contribution in [0.5, 0.6) is 0 Å². The third-order valence-electron chi connectivity index (χ3n) is 0.704. The Morgan fingerprint density at radius 2 is 0.700 bits per heavy atom. The first-order valence-corrected chi connectivity index (χ1v) is 5.47. The predicted molar refractivity (Wildman–Crippen MR) is 79.3 cm³/mol. The van der Waals surface area contributed by atoms with Crippen molar-refractivity contribution in [3.8, 4) is 0 Å². The summed E-state index contributed by atoms with van der Waals surface area (Å²) in [7, 11) is 4.70. The van der Waals surface area contributed by atoms with Crippen LogP contribution in [0.1, 0.15) is 27.7 Å². The van der Waals surface area contributed by atoms with Crippen molar-refractivity contribution in [1.82, 2.24) is 10.6 Å². The highest BCUT2D eigenvalue weighted by atomic mass is 16.2. The lowest BCUT2D eigenvalue weighted by molar-refractivity contribution is -0.119. The van der Waals surface area contributed by atoms with Gasteiger partial charge in [-0.1, -0.05) is 0 Å². The van der Waals surface area contributed by atoms with Crippen molar-refractivity contribution in [1.29, 1.82) is 0 Å². The Morgan fingerprint density at radius 1 is 0.650 bits per heavy atom. The molecule has 0 rings (SSSR count). The van der Waals surface area contributed by atoms with E-state index in [1.807, 2.05) is 0 Å². The average molecular weight is 295 g/mol. The highest BCUT2D eigenvalue weighted by molar-refractivity contribution is 5.72. The molecule has 0 saturated heterocycles. The smallest absolute Gasteiger partial charge is 0.216 e. The second-order valence-electron chi connectivity index (χ2n) is 2.83. The Labute approximate surface area is 120 Å². The summed E-state index contributed by atoms with van der Waals surface area (Å²) in [6.45, 7) is 5.56. The van der Waals surface area contributed by atoms with E-state index in [9.17, 15) is 19.2 Å². The van der Waals surface area contributed by atoms with Crippen LogP contribution in [0, 0.1) is 0 Å². The molecule has 20 heavy (non-hydrogen) atoms.